The van der Waals surface area contributed by atoms with Gasteiger partial charge in [-0.2, -0.15) is 0 Å². The minimum Gasteiger partial charge on any atom is -0.490 e. The third-order valence-corrected chi connectivity index (χ3v) is 2.77. The minimum absolute atomic E-state index is 0.0287. The molecule has 0 amide bonds. The normalized spacial score (nSPS) is 11.2. The van der Waals surface area contributed by atoms with Crippen molar-refractivity contribution in [2.45, 2.75) is 4.90 Å². The molecule has 0 aliphatic rings. The predicted molar refractivity (Wildman–Crippen MR) is 57.4 cm³/mol. The van der Waals surface area contributed by atoms with Gasteiger partial charge in [-0.05, 0) is 18.2 Å². The summed E-state index contributed by atoms with van der Waals surface area (Å²) in [6, 6.07) is 3.22. The summed E-state index contributed by atoms with van der Waals surface area (Å²) in [5.41, 5.74) is -0.329. The number of hydrogen-bond acceptors (Lipinski definition) is 5. The summed E-state index contributed by atoms with van der Waals surface area (Å²) in [7, 11) is -3.96. The van der Waals surface area contributed by atoms with Crippen molar-refractivity contribution in [2.24, 2.45) is 5.14 Å². The number of carbonyl (C=O) groups is 1. The average molecular weight is 261 g/mol. The van der Waals surface area contributed by atoms with Crippen molar-refractivity contribution in [1.29, 1.82) is 0 Å². The summed E-state index contributed by atoms with van der Waals surface area (Å²) < 4.78 is 27.0. The summed E-state index contributed by atoms with van der Waals surface area (Å²) in [5.74, 6) is -1.37. The van der Waals surface area contributed by atoms with Gasteiger partial charge < -0.3 is 14.9 Å². The predicted octanol–water partition coefficient (Wildman–Crippen LogP) is -0.597. The second-order valence-corrected chi connectivity index (χ2v) is 4.64. The van der Waals surface area contributed by atoms with Crippen molar-refractivity contribution < 1.29 is 28.2 Å². The molecule has 0 atom stereocenters. The first-order valence-corrected chi connectivity index (χ1v) is 6.04. The third-order valence-electron chi connectivity index (χ3n) is 1.86. The largest absolute Gasteiger partial charge is 0.490 e. The number of rotatable bonds is 5. The Morgan fingerprint density at radius 1 is 1.41 bits per heavy atom. The van der Waals surface area contributed by atoms with Gasteiger partial charge in [0, 0.05) is 0 Å². The van der Waals surface area contributed by atoms with Gasteiger partial charge in [-0.25, -0.2) is 18.4 Å². The maximum atomic E-state index is 11.0. The molecule has 1 aromatic rings. The summed E-state index contributed by atoms with van der Waals surface area (Å²) >= 11 is 0. The fraction of sp³-hybridized carbons (Fsp3) is 0.222. The molecule has 0 aliphatic heterocycles. The monoisotopic (exact) mass is 261 g/mol. The summed E-state index contributed by atoms with van der Waals surface area (Å²) in [6.07, 6.45) is 0. The van der Waals surface area contributed by atoms with E-state index in [4.69, 9.17) is 20.1 Å². The van der Waals surface area contributed by atoms with E-state index >= 15 is 0 Å². The number of aliphatic hydroxyl groups is 1. The van der Waals surface area contributed by atoms with Crippen LogP contribution in [0.3, 0.4) is 0 Å². The number of nitrogens with two attached hydrogens (primary N) is 1. The van der Waals surface area contributed by atoms with Crippen LogP contribution in [0.4, 0.5) is 0 Å². The van der Waals surface area contributed by atoms with E-state index in [2.05, 4.69) is 0 Å². The molecule has 0 aromatic heterocycles. The van der Waals surface area contributed by atoms with Crippen LogP contribution in [0.1, 0.15) is 10.4 Å². The number of sulfonamides is 1. The van der Waals surface area contributed by atoms with E-state index in [1.807, 2.05) is 0 Å². The molecule has 0 radical (unpaired) electrons. The molecule has 0 aliphatic carbocycles. The maximum absolute atomic E-state index is 11.0. The highest BCUT2D eigenvalue weighted by molar-refractivity contribution is 7.89. The lowest BCUT2D eigenvalue weighted by atomic mass is 10.2. The van der Waals surface area contributed by atoms with E-state index in [0.29, 0.717) is 0 Å². The second kappa shape index (κ2) is 5.13. The van der Waals surface area contributed by atoms with Crippen LogP contribution in [-0.4, -0.2) is 37.8 Å². The number of carboxylic acid groups (broad SMARTS) is 1. The van der Waals surface area contributed by atoms with Gasteiger partial charge in [0.15, 0.2) is 0 Å². The number of aromatic carboxylic acids is 1. The molecule has 0 saturated carbocycles. The van der Waals surface area contributed by atoms with Crippen LogP contribution in [0, 0.1) is 0 Å². The standard InChI is InChI=1S/C9H11NO6S/c10-17(14,15)6-1-2-8(16-4-3-11)7(5-6)9(12)13/h1-2,5,11H,3-4H2,(H,12,13)(H2,10,14,15). The number of hydrogen-bond donors (Lipinski definition) is 3. The topological polar surface area (TPSA) is 127 Å². The highest BCUT2D eigenvalue weighted by atomic mass is 32.2. The van der Waals surface area contributed by atoms with Crippen molar-refractivity contribution in [3.63, 3.8) is 0 Å². The smallest absolute Gasteiger partial charge is 0.339 e. The lowest BCUT2D eigenvalue weighted by Gasteiger charge is -2.08. The van der Waals surface area contributed by atoms with E-state index in [1.54, 1.807) is 0 Å². The number of carboxylic acids is 1. The van der Waals surface area contributed by atoms with Crippen LogP contribution in [0.15, 0.2) is 23.1 Å². The first-order valence-electron chi connectivity index (χ1n) is 4.50. The zero-order chi connectivity index (χ0) is 13.1. The maximum Gasteiger partial charge on any atom is 0.339 e. The van der Waals surface area contributed by atoms with Gasteiger partial charge in [0.25, 0.3) is 0 Å². The van der Waals surface area contributed by atoms with Crippen LogP contribution in [0.25, 0.3) is 0 Å². The molecule has 0 spiro atoms. The highest BCUT2D eigenvalue weighted by Gasteiger charge is 2.16. The molecule has 0 saturated heterocycles. The van der Waals surface area contributed by atoms with E-state index in [0.717, 1.165) is 12.1 Å². The first kappa shape index (κ1) is 13.4. The molecule has 8 heteroatoms. The van der Waals surface area contributed by atoms with Gasteiger partial charge in [0.2, 0.25) is 10.0 Å². The van der Waals surface area contributed by atoms with Crippen LogP contribution < -0.4 is 9.88 Å². The summed E-state index contributed by atoms with van der Waals surface area (Å²) in [6.45, 7) is -0.370. The second-order valence-electron chi connectivity index (χ2n) is 3.08. The molecular weight excluding hydrogens is 250 g/mol. The van der Waals surface area contributed by atoms with Crippen molar-refractivity contribution in [3.05, 3.63) is 23.8 Å². The SMILES string of the molecule is NS(=O)(=O)c1ccc(OCCO)c(C(=O)O)c1. The van der Waals surface area contributed by atoms with Gasteiger partial charge in [0.1, 0.15) is 17.9 Å². The zero-order valence-corrected chi connectivity index (χ0v) is 9.48. The molecular formula is C9H11NO6S. The Morgan fingerprint density at radius 3 is 2.53 bits per heavy atom. The molecule has 0 heterocycles. The van der Waals surface area contributed by atoms with Crippen molar-refractivity contribution in [1.82, 2.24) is 0 Å². The number of benzene rings is 1. The van der Waals surface area contributed by atoms with E-state index in [-0.39, 0.29) is 29.4 Å². The third kappa shape index (κ3) is 3.41. The van der Waals surface area contributed by atoms with E-state index in [1.165, 1.54) is 6.07 Å². The average Bonchev–Trinajstić information content (AvgIpc) is 2.24. The molecule has 17 heavy (non-hydrogen) atoms. The molecule has 94 valence electrons. The molecule has 0 fully saturated rings. The quantitative estimate of drug-likeness (QED) is 0.649. The Labute approximate surface area is 97.5 Å². The highest BCUT2D eigenvalue weighted by Crippen LogP contribution is 2.22. The van der Waals surface area contributed by atoms with Gasteiger partial charge in [-0.15, -0.1) is 0 Å². The van der Waals surface area contributed by atoms with Gasteiger partial charge >= 0.3 is 5.97 Å². The van der Waals surface area contributed by atoms with Crippen LogP contribution in [0.2, 0.25) is 0 Å². The number of aliphatic hydroxyl groups excluding tert-OH is 1. The number of ether oxygens (including phenoxy) is 1. The molecule has 1 rings (SSSR count). The minimum atomic E-state index is -3.96. The molecule has 1 aromatic carbocycles. The van der Waals surface area contributed by atoms with E-state index < -0.39 is 16.0 Å². The first-order chi connectivity index (χ1) is 7.86. The molecule has 0 bridgehead atoms. The fourth-order valence-electron chi connectivity index (χ4n) is 1.13. The van der Waals surface area contributed by atoms with Crippen molar-refractivity contribution >= 4 is 16.0 Å². The van der Waals surface area contributed by atoms with E-state index in [9.17, 15) is 13.2 Å². The Morgan fingerprint density at radius 2 is 2.06 bits per heavy atom. The lowest BCUT2D eigenvalue weighted by molar-refractivity contribution is 0.0690. The summed E-state index contributed by atoms with van der Waals surface area (Å²) in [4.78, 5) is 10.6. The van der Waals surface area contributed by atoms with Crippen LogP contribution in [0.5, 0.6) is 5.75 Å². The zero-order valence-electron chi connectivity index (χ0n) is 8.66. The fourth-order valence-corrected chi connectivity index (χ4v) is 1.67. The Kier molecular flexibility index (Phi) is 4.05. The lowest BCUT2D eigenvalue weighted by Crippen LogP contribution is -2.14. The summed E-state index contributed by atoms with van der Waals surface area (Å²) in [5, 5.41) is 22.3. The van der Waals surface area contributed by atoms with Crippen LogP contribution >= 0.6 is 0 Å². The van der Waals surface area contributed by atoms with Gasteiger partial charge in [-0.3, -0.25) is 0 Å². The molecule has 4 N–H and O–H groups in total. The number of primary sulfonamides is 1. The van der Waals surface area contributed by atoms with Gasteiger partial charge in [-0.1, -0.05) is 0 Å². The Hall–Kier alpha value is -1.64. The Bertz CT molecular complexity index is 524. The van der Waals surface area contributed by atoms with Crippen molar-refractivity contribution in [2.75, 3.05) is 13.2 Å². The van der Waals surface area contributed by atoms with Gasteiger partial charge in [0.05, 0.1) is 11.5 Å². The van der Waals surface area contributed by atoms with Crippen LogP contribution in [-0.2, 0) is 10.0 Å². The van der Waals surface area contributed by atoms with Crippen molar-refractivity contribution in [3.8, 4) is 5.75 Å². The molecule has 7 nitrogen and oxygen atoms in total. The molecule has 0 unspecified atom stereocenters. The Balaban J connectivity index is 3.22.